The highest BCUT2D eigenvalue weighted by molar-refractivity contribution is 5.95. The molecule has 1 atom stereocenters. The van der Waals surface area contributed by atoms with Gasteiger partial charge in [-0.15, -0.1) is 0 Å². The summed E-state index contributed by atoms with van der Waals surface area (Å²) in [7, 11) is 0. The van der Waals surface area contributed by atoms with Crippen molar-refractivity contribution in [3.8, 4) is 11.5 Å². The molecular weight excluding hydrogens is 370 g/mol. The molecule has 1 aromatic carbocycles. The van der Waals surface area contributed by atoms with Crippen molar-refractivity contribution in [2.24, 2.45) is 11.1 Å². The molecule has 3 rings (SSSR count). The summed E-state index contributed by atoms with van der Waals surface area (Å²) in [4.78, 5) is 27.0. The first-order valence-corrected chi connectivity index (χ1v) is 9.10. The van der Waals surface area contributed by atoms with E-state index in [-0.39, 0.29) is 5.41 Å². The number of nitrogens with one attached hydrogen (secondary N) is 1. The number of primary amides is 1. The molecule has 0 bridgehead atoms. The van der Waals surface area contributed by atoms with Crippen LogP contribution in [-0.4, -0.2) is 23.4 Å². The molecule has 2 aromatic rings. The van der Waals surface area contributed by atoms with Gasteiger partial charge in [0.15, 0.2) is 12.4 Å². The van der Waals surface area contributed by atoms with Gasteiger partial charge in [0.1, 0.15) is 11.5 Å². The number of amides is 2. The van der Waals surface area contributed by atoms with Crippen LogP contribution in [-0.2, 0) is 9.53 Å². The van der Waals surface area contributed by atoms with Crippen LogP contribution in [0.4, 0.5) is 10.5 Å². The molecule has 1 aliphatic rings. The fourth-order valence-electron chi connectivity index (χ4n) is 3.07. The number of ether oxygens (including phenoxy) is 2. The largest absolute Gasteiger partial charge is 0.485 e. The third kappa shape index (κ3) is 4.63. The summed E-state index contributed by atoms with van der Waals surface area (Å²) < 4.78 is 11.7. The summed E-state index contributed by atoms with van der Waals surface area (Å²) in [5.74, 6) is 1.08. The molecule has 0 aliphatic carbocycles. The lowest BCUT2D eigenvalue weighted by Gasteiger charge is -2.31. The maximum Gasteiger partial charge on any atom is 0.316 e. The van der Waals surface area contributed by atoms with Crippen LogP contribution in [0, 0.1) is 5.41 Å². The first-order chi connectivity index (χ1) is 13.8. The number of aromatic nitrogens is 1. The van der Waals surface area contributed by atoms with Gasteiger partial charge in [-0.25, -0.2) is 4.79 Å². The maximum absolute atomic E-state index is 11.5. The number of nitrogens with zero attached hydrogens (tertiary/aromatic N) is 1. The average Bonchev–Trinajstić information content (AvgIpc) is 2.67. The molecule has 0 fully saturated rings. The minimum Gasteiger partial charge on any atom is -0.485 e. The number of carbonyl (C=O) groups excluding carboxylic acids is 2. The molecule has 7 heteroatoms. The van der Waals surface area contributed by atoms with Gasteiger partial charge in [0.2, 0.25) is 0 Å². The van der Waals surface area contributed by atoms with Gasteiger partial charge in [-0.2, -0.15) is 0 Å². The summed E-state index contributed by atoms with van der Waals surface area (Å²) in [5, 5.41) is 2.63. The van der Waals surface area contributed by atoms with Crippen LogP contribution >= 0.6 is 0 Å². The topological polar surface area (TPSA) is 104 Å². The minimum absolute atomic E-state index is 0.302. The van der Waals surface area contributed by atoms with Gasteiger partial charge in [-0.3, -0.25) is 9.78 Å². The minimum atomic E-state index is -0.699. The Kier molecular flexibility index (Phi) is 5.68. The molecule has 0 saturated carbocycles. The van der Waals surface area contributed by atoms with Crippen molar-refractivity contribution in [1.29, 1.82) is 0 Å². The van der Waals surface area contributed by atoms with Gasteiger partial charge in [-0.05, 0) is 41.3 Å². The number of rotatable bonds is 5. The lowest BCUT2D eigenvalue weighted by atomic mass is 9.80. The summed E-state index contributed by atoms with van der Waals surface area (Å²) in [6.07, 6.45) is 6.73. The van der Waals surface area contributed by atoms with Gasteiger partial charge < -0.3 is 20.5 Å². The molecular formula is C22H23N3O4. The summed E-state index contributed by atoms with van der Waals surface area (Å²) >= 11 is 0. The van der Waals surface area contributed by atoms with Crippen molar-refractivity contribution in [2.75, 3.05) is 5.32 Å². The van der Waals surface area contributed by atoms with E-state index in [2.05, 4.69) is 10.3 Å². The van der Waals surface area contributed by atoms with Crippen LogP contribution in [0.2, 0.25) is 0 Å². The predicted molar refractivity (Wildman–Crippen MR) is 110 cm³/mol. The summed E-state index contributed by atoms with van der Waals surface area (Å²) in [6.45, 7) is 6.01. The fraction of sp³-hybridized carbons (Fsp3) is 0.227. The Hall–Kier alpha value is -3.61. The van der Waals surface area contributed by atoms with Crippen molar-refractivity contribution in [1.82, 2.24) is 4.98 Å². The Balaban J connectivity index is 2.13. The molecule has 0 saturated heterocycles. The monoisotopic (exact) mass is 393 g/mol. The Labute approximate surface area is 169 Å². The van der Waals surface area contributed by atoms with E-state index in [1.165, 1.54) is 6.26 Å². The maximum atomic E-state index is 11.5. The smallest absolute Gasteiger partial charge is 0.316 e. The average molecular weight is 393 g/mol. The summed E-state index contributed by atoms with van der Waals surface area (Å²) in [5.41, 5.74) is 7.58. The van der Waals surface area contributed by atoms with Crippen LogP contribution in [0.1, 0.15) is 26.3 Å². The fourth-order valence-corrected chi connectivity index (χ4v) is 3.07. The van der Waals surface area contributed by atoms with Crippen LogP contribution in [0.25, 0.3) is 5.57 Å². The van der Waals surface area contributed by atoms with Crippen LogP contribution in [0.15, 0.2) is 60.6 Å². The standard InChI is InChI=1S/C22H23N3O4/c1-22(2,3)16-11-14(13-28-19(16)12-26)20-17(25-21(23)27)5-4-6-18(20)29-15-7-9-24-10-8-15/h4-13,19H,1-3H3,(H3,23,25,27). The molecule has 150 valence electrons. The molecule has 29 heavy (non-hydrogen) atoms. The van der Waals surface area contributed by atoms with E-state index in [0.717, 1.165) is 11.9 Å². The lowest BCUT2D eigenvalue weighted by Crippen LogP contribution is -2.27. The van der Waals surface area contributed by atoms with Gasteiger partial charge in [0.05, 0.1) is 17.5 Å². The van der Waals surface area contributed by atoms with Gasteiger partial charge in [0.25, 0.3) is 0 Å². The van der Waals surface area contributed by atoms with E-state index in [4.69, 9.17) is 15.2 Å². The van der Waals surface area contributed by atoms with Crippen LogP contribution in [0.5, 0.6) is 11.5 Å². The second-order valence-electron chi connectivity index (χ2n) is 7.57. The molecule has 0 radical (unpaired) electrons. The van der Waals surface area contributed by atoms with E-state index >= 15 is 0 Å². The molecule has 7 nitrogen and oxygen atoms in total. The second-order valence-corrected chi connectivity index (χ2v) is 7.57. The van der Waals surface area contributed by atoms with Crippen molar-refractivity contribution < 1.29 is 19.1 Å². The first kappa shape index (κ1) is 20.1. The van der Waals surface area contributed by atoms with E-state index in [0.29, 0.717) is 28.3 Å². The molecule has 0 spiro atoms. The third-order valence-corrected chi connectivity index (χ3v) is 4.40. The van der Waals surface area contributed by atoms with Crippen LogP contribution < -0.4 is 15.8 Å². The van der Waals surface area contributed by atoms with E-state index in [9.17, 15) is 9.59 Å². The lowest BCUT2D eigenvalue weighted by molar-refractivity contribution is -0.114. The number of carbonyl (C=O) groups is 2. The molecule has 1 aliphatic heterocycles. The molecule has 1 aromatic heterocycles. The predicted octanol–water partition coefficient (Wildman–Crippen LogP) is 4.28. The highest BCUT2D eigenvalue weighted by atomic mass is 16.5. The number of urea groups is 1. The number of anilines is 1. The highest BCUT2D eigenvalue weighted by Gasteiger charge is 2.30. The van der Waals surface area contributed by atoms with Gasteiger partial charge in [0, 0.05) is 18.0 Å². The normalized spacial score (nSPS) is 16.2. The number of aldehydes is 1. The second kappa shape index (κ2) is 8.18. The number of hydrogen-bond donors (Lipinski definition) is 2. The zero-order valence-corrected chi connectivity index (χ0v) is 16.5. The van der Waals surface area contributed by atoms with Crippen molar-refractivity contribution in [3.63, 3.8) is 0 Å². The summed E-state index contributed by atoms with van der Waals surface area (Å²) in [6, 6.07) is 7.99. The number of benzene rings is 1. The van der Waals surface area contributed by atoms with Gasteiger partial charge >= 0.3 is 6.03 Å². The molecule has 2 heterocycles. The number of hydrogen-bond acceptors (Lipinski definition) is 5. The Morgan fingerprint density at radius 1 is 1.24 bits per heavy atom. The van der Waals surface area contributed by atoms with E-state index < -0.39 is 12.1 Å². The zero-order chi connectivity index (χ0) is 21.0. The number of pyridine rings is 1. The van der Waals surface area contributed by atoms with Gasteiger partial charge in [-0.1, -0.05) is 26.8 Å². The molecule has 2 amide bonds. The van der Waals surface area contributed by atoms with Crippen molar-refractivity contribution >= 4 is 23.6 Å². The molecule has 3 N–H and O–H groups in total. The number of allylic oxidation sites excluding steroid dienone is 2. The Morgan fingerprint density at radius 2 is 1.97 bits per heavy atom. The van der Waals surface area contributed by atoms with E-state index in [1.54, 1.807) is 42.7 Å². The Morgan fingerprint density at radius 3 is 2.59 bits per heavy atom. The van der Waals surface area contributed by atoms with Crippen molar-refractivity contribution in [3.05, 3.63) is 66.2 Å². The quantitative estimate of drug-likeness (QED) is 0.738. The van der Waals surface area contributed by atoms with Crippen LogP contribution in [0.3, 0.4) is 0 Å². The van der Waals surface area contributed by atoms with Crippen molar-refractivity contribution in [2.45, 2.75) is 26.9 Å². The Bertz CT molecular complexity index is 975. The third-order valence-electron chi connectivity index (χ3n) is 4.40. The number of nitrogens with two attached hydrogens (primary N) is 1. The SMILES string of the molecule is CC(C)(C)C1=CC(c2c(NC(N)=O)cccc2Oc2ccncc2)=COC1C=O. The molecule has 1 unspecified atom stereocenters. The van der Waals surface area contributed by atoms with E-state index in [1.807, 2.05) is 26.8 Å². The highest BCUT2D eigenvalue weighted by Crippen LogP contribution is 2.41. The first-order valence-electron chi connectivity index (χ1n) is 9.10. The zero-order valence-electron chi connectivity index (χ0n) is 16.5.